The summed E-state index contributed by atoms with van der Waals surface area (Å²) in [6.07, 6.45) is 2.60. The van der Waals surface area contributed by atoms with Crippen LogP contribution in [-0.2, 0) is 6.42 Å². The number of methoxy groups -OCH3 is 1. The highest BCUT2D eigenvalue weighted by Crippen LogP contribution is 2.31. The summed E-state index contributed by atoms with van der Waals surface area (Å²) >= 11 is 0. The average molecular weight is 450 g/mol. The van der Waals surface area contributed by atoms with E-state index in [4.69, 9.17) is 14.2 Å². The zero-order chi connectivity index (χ0) is 22.6. The Bertz CT molecular complexity index is 1150. The quantitative estimate of drug-likeness (QED) is 0.641. The number of rotatable bonds is 5. The molecule has 1 saturated heterocycles. The van der Waals surface area contributed by atoms with Crippen LogP contribution in [0.25, 0.3) is 11.0 Å². The van der Waals surface area contributed by atoms with Crippen LogP contribution in [0.4, 0.5) is 10.5 Å². The molecule has 9 nitrogen and oxygen atoms in total. The molecule has 172 valence electrons. The van der Waals surface area contributed by atoms with Crippen molar-refractivity contribution >= 4 is 22.8 Å². The average Bonchev–Trinajstić information content (AvgIpc) is 2.87. The van der Waals surface area contributed by atoms with Crippen molar-refractivity contribution in [1.29, 1.82) is 0 Å². The first-order chi connectivity index (χ1) is 16.2. The van der Waals surface area contributed by atoms with Crippen molar-refractivity contribution < 1.29 is 19.0 Å². The number of urea groups is 1. The Morgan fingerprint density at radius 1 is 1.06 bits per heavy atom. The molecule has 2 amide bonds. The lowest BCUT2D eigenvalue weighted by atomic mass is 10.1. The third-order valence-electron chi connectivity index (χ3n) is 5.99. The number of piperazine rings is 1. The minimum atomic E-state index is -0.126. The van der Waals surface area contributed by atoms with Crippen LogP contribution < -0.4 is 19.5 Å². The van der Waals surface area contributed by atoms with Crippen molar-refractivity contribution in [1.82, 2.24) is 19.8 Å². The number of anilines is 1. The van der Waals surface area contributed by atoms with Crippen LogP contribution in [0.5, 0.6) is 17.4 Å². The summed E-state index contributed by atoms with van der Waals surface area (Å²) in [7, 11) is 1.57. The first-order valence-corrected chi connectivity index (χ1v) is 11.2. The fourth-order valence-electron chi connectivity index (χ4n) is 4.12. The molecule has 0 saturated carbocycles. The normalized spacial score (nSPS) is 16.0. The van der Waals surface area contributed by atoms with Gasteiger partial charge in [-0.15, -0.1) is 0 Å². The van der Waals surface area contributed by atoms with Crippen LogP contribution in [-0.4, -0.2) is 78.8 Å². The maximum Gasteiger partial charge on any atom is 0.321 e. The molecule has 0 atom stereocenters. The molecule has 2 aliphatic rings. The number of ether oxygens (including phenoxy) is 3. The fraction of sp³-hybridized carbons (Fsp3) is 0.375. The molecular weight excluding hydrogens is 422 g/mol. The van der Waals surface area contributed by atoms with Gasteiger partial charge in [0.05, 0.1) is 18.3 Å². The SMILES string of the molecule is COc1ccc2nccc(NC(=O)N3CCN(CCc4ccc5c(c4)OCCO5)CC3)c2n1. The van der Waals surface area contributed by atoms with Gasteiger partial charge in [0.1, 0.15) is 18.7 Å². The van der Waals surface area contributed by atoms with Gasteiger partial charge < -0.3 is 24.4 Å². The number of nitrogens with zero attached hydrogens (tertiary/aromatic N) is 4. The van der Waals surface area contributed by atoms with Gasteiger partial charge in [-0.2, -0.15) is 0 Å². The maximum absolute atomic E-state index is 12.9. The fourth-order valence-corrected chi connectivity index (χ4v) is 4.12. The van der Waals surface area contributed by atoms with Crippen LogP contribution >= 0.6 is 0 Å². The van der Waals surface area contributed by atoms with Gasteiger partial charge in [-0.25, -0.2) is 9.78 Å². The molecule has 9 heteroatoms. The van der Waals surface area contributed by atoms with Gasteiger partial charge in [-0.05, 0) is 36.2 Å². The predicted molar refractivity (Wildman–Crippen MR) is 124 cm³/mol. The number of hydrogen-bond acceptors (Lipinski definition) is 7. The summed E-state index contributed by atoms with van der Waals surface area (Å²) in [6, 6.07) is 11.4. The van der Waals surface area contributed by atoms with E-state index in [1.807, 2.05) is 17.0 Å². The summed E-state index contributed by atoms with van der Waals surface area (Å²) in [5.41, 5.74) is 3.18. The molecule has 0 spiro atoms. The van der Waals surface area contributed by atoms with Crippen molar-refractivity contribution in [2.24, 2.45) is 0 Å². The molecule has 0 unspecified atom stereocenters. The smallest absolute Gasteiger partial charge is 0.321 e. The Hall–Kier alpha value is -3.59. The molecule has 1 fully saturated rings. The molecule has 5 rings (SSSR count). The van der Waals surface area contributed by atoms with E-state index in [1.165, 1.54) is 5.56 Å². The number of pyridine rings is 2. The molecule has 3 aromatic rings. The number of amides is 2. The Kier molecular flexibility index (Phi) is 6.12. The number of nitrogens with one attached hydrogen (secondary N) is 1. The molecule has 2 aliphatic heterocycles. The lowest BCUT2D eigenvalue weighted by Gasteiger charge is -2.34. The number of aromatic nitrogens is 2. The lowest BCUT2D eigenvalue weighted by molar-refractivity contribution is 0.148. The first-order valence-electron chi connectivity index (χ1n) is 11.2. The second-order valence-electron chi connectivity index (χ2n) is 8.07. The summed E-state index contributed by atoms with van der Waals surface area (Å²) < 4.78 is 16.5. The molecular formula is C24H27N5O4. The van der Waals surface area contributed by atoms with Gasteiger partial charge in [0, 0.05) is 45.0 Å². The van der Waals surface area contributed by atoms with E-state index < -0.39 is 0 Å². The Morgan fingerprint density at radius 3 is 2.70 bits per heavy atom. The Morgan fingerprint density at radius 2 is 1.88 bits per heavy atom. The van der Waals surface area contributed by atoms with Crippen molar-refractivity contribution in [3.8, 4) is 17.4 Å². The number of carbonyl (C=O) groups excluding carboxylic acids is 1. The van der Waals surface area contributed by atoms with Crippen molar-refractivity contribution in [3.05, 3.63) is 48.2 Å². The van der Waals surface area contributed by atoms with Crippen LogP contribution in [0.15, 0.2) is 42.6 Å². The molecule has 1 N–H and O–H groups in total. The predicted octanol–water partition coefficient (Wildman–Crippen LogP) is 2.80. The molecule has 0 bridgehead atoms. The number of carbonyl (C=O) groups is 1. The summed E-state index contributed by atoms with van der Waals surface area (Å²) in [5.74, 6) is 2.13. The van der Waals surface area contributed by atoms with Crippen molar-refractivity contribution in [2.45, 2.75) is 6.42 Å². The molecule has 33 heavy (non-hydrogen) atoms. The van der Waals surface area contributed by atoms with E-state index >= 15 is 0 Å². The van der Waals surface area contributed by atoms with Gasteiger partial charge in [0.15, 0.2) is 11.5 Å². The van der Waals surface area contributed by atoms with E-state index in [0.29, 0.717) is 48.9 Å². The van der Waals surface area contributed by atoms with Gasteiger partial charge in [0.25, 0.3) is 0 Å². The van der Waals surface area contributed by atoms with Crippen molar-refractivity contribution in [2.75, 3.05) is 58.4 Å². The van der Waals surface area contributed by atoms with Gasteiger partial charge in [-0.3, -0.25) is 9.88 Å². The first kappa shape index (κ1) is 21.3. The monoisotopic (exact) mass is 449 g/mol. The van der Waals surface area contributed by atoms with Gasteiger partial charge in [-0.1, -0.05) is 6.07 Å². The summed E-state index contributed by atoms with van der Waals surface area (Å²) in [6.45, 7) is 5.15. The van der Waals surface area contributed by atoms with Crippen LogP contribution in [0.3, 0.4) is 0 Å². The largest absolute Gasteiger partial charge is 0.486 e. The topological polar surface area (TPSA) is 89.1 Å². The molecule has 0 radical (unpaired) electrons. The number of fused-ring (bicyclic) bond motifs is 2. The number of hydrogen-bond donors (Lipinski definition) is 1. The van der Waals surface area contributed by atoms with Crippen LogP contribution in [0.2, 0.25) is 0 Å². The zero-order valence-corrected chi connectivity index (χ0v) is 18.6. The maximum atomic E-state index is 12.9. The Labute approximate surface area is 192 Å². The molecule has 2 aromatic heterocycles. The van der Waals surface area contributed by atoms with Gasteiger partial charge >= 0.3 is 6.03 Å². The highest BCUT2D eigenvalue weighted by Gasteiger charge is 2.22. The second-order valence-corrected chi connectivity index (χ2v) is 8.07. The summed E-state index contributed by atoms with van der Waals surface area (Å²) in [5, 5.41) is 2.99. The minimum absolute atomic E-state index is 0.126. The van der Waals surface area contributed by atoms with E-state index in [-0.39, 0.29) is 6.03 Å². The third-order valence-corrected chi connectivity index (χ3v) is 5.99. The van der Waals surface area contributed by atoms with Crippen molar-refractivity contribution in [3.63, 3.8) is 0 Å². The van der Waals surface area contributed by atoms with E-state index in [0.717, 1.165) is 37.6 Å². The van der Waals surface area contributed by atoms with Crippen LogP contribution in [0, 0.1) is 0 Å². The summed E-state index contributed by atoms with van der Waals surface area (Å²) in [4.78, 5) is 25.9. The van der Waals surface area contributed by atoms with E-state index in [2.05, 4.69) is 32.3 Å². The standard InChI is InChI=1S/C24H27N5O4/c1-31-22-5-3-18-23(27-22)19(6-8-25-18)26-24(30)29-12-10-28(11-13-29)9-7-17-2-4-20-21(16-17)33-15-14-32-20/h2-6,8,16H,7,9-15H2,1H3,(H,25,26,30). The minimum Gasteiger partial charge on any atom is -0.486 e. The Balaban J connectivity index is 1.14. The lowest BCUT2D eigenvalue weighted by Crippen LogP contribution is -2.50. The van der Waals surface area contributed by atoms with E-state index in [1.54, 1.807) is 25.4 Å². The molecule has 0 aliphatic carbocycles. The van der Waals surface area contributed by atoms with Gasteiger partial charge in [0.2, 0.25) is 5.88 Å². The number of benzene rings is 1. The third kappa shape index (κ3) is 4.78. The molecule has 1 aromatic carbocycles. The highest BCUT2D eigenvalue weighted by molar-refractivity contribution is 5.98. The highest BCUT2D eigenvalue weighted by atomic mass is 16.6. The second kappa shape index (κ2) is 9.50. The van der Waals surface area contributed by atoms with E-state index in [9.17, 15) is 4.79 Å². The molecule has 4 heterocycles. The zero-order valence-electron chi connectivity index (χ0n) is 18.6. The van der Waals surface area contributed by atoms with Crippen LogP contribution in [0.1, 0.15) is 5.56 Å².